The van der Waals surface area contributed by atoms with E-state index in [9.17, 15) is 9.59 Å². The van der Waals surface area contributed by atoms with Crippen LogP contribution < -0.4 is 16.0 Å². The van der Waals surface area contributed by atoms with Crippen LogP contribution in [0.1, 0.15) is 17.3 Å². The number of nitrogens with one attached hydrogen (secondary N) is 3. The molecule has 1 atom stereocenters. The zero-order chi connectivity index (χ0) is 15.8. The maximum Gasteiger partial charge on any atom is 0.252 e. The van der Waals surface area contributed by atoms with Gasteiger partial charge < -0.3 is 16.0 Å². The topological polar surface area (TPSA) is 70.2 Å². The van der Waals surface area contributed by atoms with E-state index in [1.54, 1.807) is 11.4 Å². The number of hydrogen-bond acceptors (Lipinski definition) is 4. The van der Waals surface area contributed by atoms with Crippen molar-refractivity contribution < 1.29 is 9.59 Å². The van der Waals surface area contributed by atoms with Gasteiger partial charge in [0.2, 0.25) is 5.91 Å². The van der Waals surface area contributed by atoms with Crippen LogP contribution in [-0.2, 0) is 4.79 Å². The normalized spacial score (nSPS) is 11.5. The first kappa shape index (κ1) is 16.0. The van der Waals surface area contributed by atoms with Gasteiger partial charge >= 0.3 is 0 Å². The summed E-state index contributed by atoms with van der Waals surface area (Å²) >= 11 is 1.45. The molecule has 1 aromatic heterocycles. The summed E-state index contributed by atoms with van der Waals surface area (Å²) < 4.78 is 0. The second-order valence-corrected chi connectivity index (χ2v) is 5.69. The van der Waals surface area contributed by atoms with E-state index in [0.717, 1.165) is 5.69 Å². The van der Waals surface area contributed by atoms with Crippen molar-refractivity contribution in [3.63, 3.8) is 0 Å². The van der Waals surface area contributed by atoms with Crippen LogP contribution in [0, 0.1) is 0 Å². The minimum Gasteiger partial charge on any atom is -0.383 e. The van der Waals surface area contributed by atoms with E-state index >= 15 is 0 Å². The molecule has 0 bridgehead atoms. The molecule has 0 saturated heterocycles. The molecule has 1 aromatic carbocycles. The van der Waals surface area contributed by atoms with E-state index in [1.165, 1.54) is 11.3 Å². The average molecular weight is 317 g/mol. The summed E-state index contributed by atoms with van der Waals surface area (Å²) in [6.45, 7) is 2.51. The Balaban J connectivity index is 1.67. The van der Waals surface area contributed by atoms with Gasteiger partial charge in [-0.3, -0.25) is 9.59 Å². The fourth-order valence-electron chi connectivity index (χ4n) is 1.86. The van der Waals surface area contributed by atoms with E-state index in [-0.39, 0.29) is 24.4 Å². The highest BCUT2D eigenvalue weighted by Crippen LogP contribution is 2.05. The van der Waals surface area contributed by atoms with Gasteiger partial charge in [0.1, 0.15) is 0 Å². The molecule has 0 fully saturated rings. The van der Waals surface area contributed by atoms with Gasteiger partial charge in [0.25, 0.3) is 5.91 Å². The van der Waals surface area contributed by atoms with Crippen LogP contribution in [0.4, 0.5) is 5.69 Å². The summed E-state index contributed by atoms with van der Waals surface area (Å²) in [7, 11) is 0. The molecule has 0 aliphatic heterocycles. The molecule has 22 heavy (non-hydrogen) atoms. The number of rotatable bonds is 7. The summed E-state index contributed by atoms with van der Waals surface area (Å²) in [4.78, 5) is 23.5. The van der Waals surface area contributed by atoms with E-state index in [4.69, 9.17) is 0 Å². The smallest absolute Gasteiger partial charge is 0.252 e. The number of anilines is 1. The van der Waals surface area contributed by atoms with Gasteiger partial charge in [-0.25, -0.2) is 0 Å². The lowest BCUT2D eigenvalue weighted by atomic mass is 10.3. The lowest BCUT2D eigenvalue weighted by molar-refractivity contribution is -0.120. The Hall–Kier alpha value is -2.34. The number of amides is 2. The average Bonchev–Trinajstić information content (AvgIpc) is 3.06. The highest BCUT2D eigenvalue weighted by Gasteiger charge is 2.10. The monoisotopic (exact) mass is 317 g/mol. The Kier molecular flexibility index (Phi) is 5.97. The van der Waals surface area contributed by atoms with E-state index in [2.05, 4.69) is 16.0 Å². The van der Waals surface area contributed by atoms with Crippen molar-refractivity contribution >= 4 is 28.8 Å². The Morgan fingerprint density at radius 1 is 1.18 bits per heavy atom. The van der Waals surface area contributed by atoms with Gasteiger partial charge in [-0.1, -0.05) is 18.2 Å². The first-order valence-corrected chi connectivity index (χ1v) is 7.98. The van der Waals surface area contributed by atoms with Gasteiger partial charge in [-0.05, 0) is 30.5 Å². The van der Waals surface area contributed by atoms with Crippen LogP contribution in [0.15, 0.2) is 47.2 Å². The first-order chi connectivity index (χ1) is 10.6. The maximum atomic E-state index is 11.8. The molecule has 2 aromatic rings. The number of benzene rings is 1. The predicted octanol–water partition coefficient (Wildman–Crippen LogP) is 2.09. The minimum atomic E-state index is -0.230. The number of carbonyl (C=O) groups is 2. The molecular formula is C16H19N3O2S. The van der Waals surface area contributed by atoms with Gasteiger partial charge in [0, 0.05) is 29.2 Å². The van der Waals surface area contributed by atoms with Crippen LogP contribution >= 0.6 is 11.3 Å². The van der Waals surface area contributed by atoms with Gasteiger partial charge in [0.05, 0.1) is 6.54 Å². The van der Waals surface area contributed by atoms with Crippen LogP contribution in [-0.4, -0.2) is 30.9 Å². The van der Waals surface area contributed by atoms with Crippen molar-refractivity contribution in [3.05, 3.63) is 52.7 Å². The van der Waals surface area contributed by atoms with E-state index in [0.29, 0.717) is 12.1 Å². The van der Waals surface area contributed by atoms with E-state index in [1.807, 2.05) is 42.6 Å². The van der Waals surface area contributed by atoms with Crippen molar-refractivity contribution in [3.8, 4) is 0 Å². The summed E-state index contributed by atoms with van der Waals surface area (Å²) in [5.41, 5.74) is 1.59. The zero-order valence-electron chi connectivity index (χ0n) is 12.3. The van der Waals surface area contributed by atoms with Gasteiger partial charge in [-0.2, -0.15) is 11.3 Å². The molecule has 116 valence electrons. The molecular weight excluding hydrogens is 298 g/mol. The molecule has 0 radical (unpaired) electrons. The first-order valence-electron chi connectivity index (χ1n) is 7.04. The van der Waals surface area contributed by atoms with E-state index < -0.39 is 0 Å². The third-order valence-corrected chi connectivity index (χ3v) is 3.67. The predicted molar refractivity (Wildman–Crippen MR) is 89.2 cm³/mol. The molecule has 2 amide bonds. The Morgan fingerprint density at radius 3 is 2.64 bits per heavy atom. The molecule has 5 nitrogen and oxygen atoms in total. The van der Waals surface area contributed by atoms with Gasteiger partial charge in [0.15, 0.2) is 0 Å². The molecule has 0 saturated carbocycles. The highest BCUT2D eigenvalue weighted by molar-refractivity contribution is 7.08. The second-order valence-electron chi connectivity index (χ2n) is 4.91. The van der Waals surface area contributed by atoms with Crippen molar-refractivity contribution in [1.82, 2.24) is 10.6 Å². The largest absolute Gasteiger partial charge is 0.383 e. The number of carbonyl (C=O) groups excluding carboxylic acids is 2. The summed E-state index contributed by atoms with van der Waals surface area (Å²) in [6, 6.07) is 11.5. The second kappa shape index (κ2) is 8.19. The molecule has 6 heteroatoms. The Bertz CT molecular complexity index is 599. The third-order valence-electron chi connectivity index (χ3n) is 2.99. The standard InChI is InChI=1S/C16H19N3O2S/c1-12(9-17-14-5-3-2-4-6-14)19-15(20)10-18-16(21)13-7-8-22-11-13/h2-8,11-12,17H,9-10H2,1H3,(H,18,21)(H,19,20)/t12-/m0/s1. The van der Waals surface area contributed by atoms with Crippen LogP contribution in [0.3, 0.4) is 0 Å². The van der Waals surface area contributed by atoms with Crippen molar-refractivity contribution in [2.24, 2.45) is 0 Å². The molecule has 2 rings (SSSR count). The fourth-order valence-corrected chi connectivity index (χ4v) is 2.50. The van der Waals surface area contributed by atoms with Crippen LogP contribution in [0.2, 0.25) is 0 Å². The summed E-state index contributed by atoms with van der Waals surface area (Å²) in [5, 5.41) is 12.2. The molecule has 0 aliphatic rings. The van der Waals surface area contributed by atoms with Crippen molar-refractivity contribution in [1.29, 1.82) is 0 Å². The lowest BCUT2D eigenvalue weighted by Gasteiger charge is -2.15. The SMILES string of the molecule is C[C@@H](CNc1ccccc1)NC(=O)CNC(=O)c1ccsc1. The van der Waals surface area contributed by atoms with Crippen molar-refractivity contribution in [2.45, 2.75) is 13.0 Å². The fraction of sp³-hybridized carbons (Fsp3) is 0.250. The molecule has 0 unspecified atom stereocenters. The number of thiophene rings is 1. The quantitative estimate of drug-likeness (QED) is 0.732. The Morgan fingerprint density at radius 2 is 1.95 bits per heavy atom. The Labute approximate surface area is 133 Å². The summed E-state index contributed by atoms with van der Waals surface area (Å²) in [6.07, 6.45) is 0. The summed E-state index contributed by atoms with van der Waals surface area (Å²) in [5.74, 6) is -0.433. The molecule has 1 heterocycles. The molecule has 0 aliphatic carbocycles. The maximum absolute atomic E-state index is 11.8. The minimum absolute atomic E-state index is 0.0235. The zero-order valence-corrected chi connectivity index (χ0v) is 13.2. The number of hydrogen-bond donors (Lipinski definition) is 3. The molecule has 3 N–H and O–H groups in total. The third kappa shape index (κ3) is 5.21. The van der Waals surface area contributed by atoms with Crippen molar-refractivity contribution in [2.75, 3.05) is 18.4 Å². The van der Waals surface area contributed by atoms with Crippen LogP contribution in [0.25, 0.3) is 0 Å². The van der Waals surface area contributed by atoms with Gasteiger partial charge in [-0.15, -0.1) is 0 Å². The number of para-hydroxylation sites is 1. The van der Waals surface area contributed by atoms with Crippen LogP contribution in [0.5, 0.6) is 0 Å². The molecule has 0 spiro atoms. The highest BCUT2D eigenvalue weighted by atomic mass is 32.1. The lowest BCUT2D eigenvalue weighted by Crippen LogP contribution is -2.43.